The van der Waals surface area contributed by atoms with Crippen molar-refractivity contribution in [1.29, 1.82) is 0 Å². The Balaban J connectivity index is 1.58. The molecule has 0 aliphatic rings. The predicted octanol–water partition coefficient (Wildman–Crippen LogP) is 4.18. The van der Waals surface area contributed by atoms with Gasteiger partial charge < -0.3 is 4.57 Å². The standard InChI is InChI=1S/C20H19N5O2S3/c1-3-25-19(18-17(21-24-29-18)15-7-5-4-6-8-15)22-23-20(25)28-13-14-9-11-16(12-10-14)30(2,26)27/h4-12H,3,13H2,1-2H3. The maximum absolute atomic E-state index is 11.6. The highest BCUT2D eigenvalue weighted by atomic mass is 32.2. The van der Waals surface area contributed by atoms with E-state index in [1.54, 1.807) is 23.9 Å². The van der Waals surface area contributed by atoms with Crippen LogP contribution in [0, 0.1) is 0 Å². The third-order valence-electron chi connectivity index (χ3n) is 4.49. The molecule has 0 amide bonds. The lowest BCUT2D eigenvalue weighted by atomic mass is 10.1. The molecule has 2 aromatic carbocycles. The summed E-state index contributed by atoms with van der Waals surface area (Å²) in [4.78, 5) is 1.21. The zero-order chi connectivity index (χ0) is 21.1. The molecule has 0 atom stereocenters. The number of thioether (sulfide) groups is 1. The zero-order valence-corrected chi connectivity index (χ0v) is 18.8. The van der Waals surface area contributed by atoms with E-state index in [1.807, 2.05) is 42.5 Å². The second-order valence-corrected chi connectivity index (χ2v) is 10.3. The van der Waals surface area contributed by atoms with E-state index in [9.17, 15) is 8.42 Å². The minimum atomic E-state index is -3.19. The van der Waals surface area contributed by atoms with Crippen LogP contribution in [0.3, 0.4) is 0 Å². The van der Waals surface area contributed by atoms with Crippen molar-refractivity contribution in [3.05, 3.63) is 60.2 Å². The van der Waals surface area contributed by atoms with Crippen LogP contribution in [-0.4, -0.2) is 39.0 Å². The van der Waals surface area contributed by atoms with Gasteiger partial charge in [-0.1, -0.05) is 58.7 Å². The summed E-state index contributed by atoms with van der Waals surface area (Å²) in [5.41, 5.74) is 2.81. The molecule has 4 rings (SSSR count). The Kier molecular flexibility index (Phi) is 5.98. The van der Waals surface area contributed by atoms with Crippen molar-refractivity contribution in [1.82, 2.24) is 24.4 Å². The number of hydrogen-bond donors (Lipinski definition) is 0. The normalized spacial score (nSPS) is 11.7. The third-order valence-corrected chi connectivity index (χ3v) is 7.38. The lowest BCUT2D eigenvalue weighted by Crippen LogP contribution is -2.00. The van der Waals surface area contributed by atoms with Gasteiger partial charge in [0.05, 0.1) is 4.90 Å². The van der Waals surface area contributed by atoms with Crippen LogP contribution < -0.4 is 0 Å². The molecular formula is C20H19N5O2S3. The van der Waals surface area contributed by atoms with Crippen molar-refractivity contribution in [2.24, 2.45) is 0 Å². The molecule has 0 spiro atoms. The molecule has 0 saturated heterocycles. The zero-order valence-electron chi connectivity index (χ0n) is 16.4. The lowest BCUT2D eigenvalue weighted by molar-refractivity contribution is 0.602. The fourth-order valence-electron chi connectivity index (χ4n) is 2.95. The van der Waals surface area contributed by atoms with E-state index in [4.69, 9.17) is 0 Å². The summed E-state index contributed by atoms with van der Waals surface area (Å²) in [6.07, 6.45) is 1.21. The van der Waals surface area contributed by atoms with Gasteiger partial charge in [-0.05, 0) is 36.2 Å². The molecule has 0 fully saturated rings. The summed E-state index contributed by atoms with van der Waals surface area (Å²) in [5, 5.41) is 13.9. The minimum Gasteiger partial charge on any atom is -0.302 e. The molecule has 0 saturated carbocycles. The number of sulfone groups is 1. The van der Waals surface area contributed by atoms with E-state index in [2.05, 4.69) is 31.3 Å². The van der Waals surface area contributed by atoms with Crippen molar-refractivity contribution in [2.75, 3.05) is 6.26 Å². The van der Waals surface area contributed by atoms with Crippen LogP contribution >= 0.6 is 23.3 Å². The van der Waals surface area contributed by atoms with E-state index in [1.165, 1.54) is 17.8 Å². The maximum Gasteiger partial charge on any atom is 0.191 e. The monoisotopic (exact) mass is 457 g/mol. The van der Waals surface area contributed by atoms with Crippen LogP contribution in [0.1, 0.15) is 12.5 Å². The number of hydrogen-bond acceptors (Lipinski definition) is 8. The molecule has 0 aliphatic carbocycles. The Labute approximate surface area is 183 Å². The van der Waals surface area contributed by atoms with Gasteiger partial charge >= 0.3 is 0 Å². The Bertz CT molecular complexity index is 1250. The van der Waals surface area contributed by atoms with E-state index in [-0.39, 0.29) is 0 Å². The van der Waals surface area contributed by atoms with Gasteiger partial charge in [0.15, 0.2) is 20.8 Å². The molecule has 30 heavy (non-hydrogen) atoms. The van der Waals surface area contributed by atoms with Gasteiger partial charge in [0, 0.05) is 24.1 Å². The van der Waals surface area contributed by atoms with Crippen molar-refractivity contribution in [2.45, 2.75) is 29.3 Å². The number of benzene rings is 2. The molecule has 2 heterocycles. The summed E-state index contributed by atoms with van der Waals surface area (Å²) in [6.45, 7) is 2.76. The average molecular weight is 458 g/mol. The van der Waals surface area contributed by atoms with Gasteiger partial charge in [-0.3, -0.25) is 0 Å². The highest BCUT2D eigenvalue weighted by Crippen LogP contribution is 2.34. The fraction of sp³-hybridized carbons (Fsp3) is 0.200. The number of rotatable bonds is 7. The Morgan fingerprint density at radius 1 is 1.00 bits per heavy atom. The predicted molar refractivity (Wildman–Crippen MR) is 119 cm³/mol. The lowest BCUT2D eigenvalue weighted by Gasteiger charge is -2.07. The Morgan fingerprint density at radius 3 is 2.40 bits per heavy atom. The third kappa shape index (κ3) is 4.30. The molecule has 4 aromatic rings. The molecule has 0 bridgehead atoms. The van der Waals surface area contributed by atoms with Crippen molar-refractivity contribution in [3.8, 4) is 22.0 Å². The van der Waals surface area contributed by atoms with Crippen LogP contribution in [-0.2, 0) is 22.1 Å². The highest BCUT2D eigenvalue weighted by Gasteiger charge is 2.20. The van der Waals surface area contributed by atoms with Gasteiger partial charge in [0.1, 0.15) is 10.6 Å². The van der Waals surface area contributed by atoms with Crippen LogP contribution in [0.25, 0.3) is 22.0 Å². The number of aromatic nitrogens is 5. The summed E-state index contributed by atoms with van der Waals surface area (Å²) >= 11 is 2.87. The van der Waals surface area contributed by atoms with Gasteiger partial charge in [0.2, 0.25) is 0 Å². The molecule has 0 aliphatic heterocycles. The van der Waals surface area contributed by atoms with Gasteiger partial charge in [-0.15, -0.1) is 15.3 Å². The number of nitrogens with zero attached hydrogens (tertiary/aromatic N) is 5. The van der Waals surface area contributed by atoms with Gasteiger partial charge in [0.25, 0.3) is 0 Å². The van der Waals surface area contributed by atoms with Crippen molar-refractivity contribution < 1.29 is 8.42 Å². The maximum atomic E-state index is 11.6. The summed E-state index contributed by atoms with van der Waals surface area (Å²) in [5.74, 6) is 1.41. The summed E-state index contributed by atoms with van der Waals surface area (Å²) in [6, 6.07) is 16.8. The molecule has 2 aromatic heterocycles. The first-order valence-electron chi connectivity index (χ1n) is 9.20. The largest absolute Gasteiger partial charge is 0.302 e. The van der Waals surface area contributed by atoms with Gasteiger partial charge in [-0.25, -0.2) is 8.42 Å². The minimum absolute atomic E-state index is 0.321. The average Bonchev–Trinajstić information content (AvgIpc) is 3.39. The first-order chi connectivity index (χ1) is 14.5. The van der Waals surface area contributed by atoms with Crippen LogP contribution in [0.15, 0.2) is 64.6 Å². The molecule has 154 valence electrons. The second kappa shape index (κ2) is 8.66. The van der Waals surface area contributed by atoms with E-state index >= 15 is 0 Å². The second-order valence-electron chi connectivity index (χ2n) is 6.57. The van der Waals surface area contributed by atoms with E-state index < -0.39 is 9.84 Å². The van der Waals surface area contributed by atoms with Crippen molar-refractivity contribution >= 4 is 33.1 Å². The Hall–Kier alpha value is -2.56. The molecule has 10 heteroatoms. The fourth-order valence-corrected chi connectivity index (χ4v) is 5.22. The quantitative estimate of drug-likeness (QED) is 0.385. The molecular weight excluding hydrogens is 438 g/mol. The van der Waals surface area contributed by atoms with E-state index in [0.717, 1.165) is 32.7 Å². The SMILES string of the molecule is CCn1c(SCc2ccc(S(C)(=O)=O)cc2)nnc1-c1snnc1-c1ccccc1. The molecule has 0 N–H and O–H groups in total. The summed E-state index contributed by atoms with van der Waals surface area (Å²) in [7, 11) is -3.19. The molecule has 7 nitrogen and oxygen atoms in total. The molecule has 0 radical (unpaired) electrons. The van der Waals surface area contributed by atoms with Crippen molar-refractivity contribution in [3.63, 3.8) is 0 Å². The van der Waals surface area contributed by atoms with Gasteiger partial charge in [-0.2, -0.15) is 0 Å². The first-order valence-corrected chi connectivity index (χ1v) is 12.9. The van der Waals surface area contributed by atoms with Crippen LogP contribution in [0.5, 0.6) is 0 Å². The summed E-state index contributed by atoms with van der Waals surface area (Å²) < 4.78 is 29.4. The first kappa shape index (κ1) is 20.7. The Morgan fingerprint density at radius 2 is 1.73 bits per heavy atom. The highest BCUT2D eigenvalue weighted by molar-refractivity contribution is 7.98. The topological polar surface area (TPSA) is 90.6 Å². The van der Waals surface area contributed by atoms with Crippen LogP contribution in [0.4, 0.5) is 0 Å². The van der Waals surface area contributed by atoms with Crippen LogP contribution in [0.2, 0.25) is 0 Å². The van der Waals surface area contributed by atoms with E-state index in [0.29, 0.717) is 17.2 Å². The smallest absolute Gasteiger partial charge is 0.191 e. The molecule has 0 unspecified atom stereocenters.